The Morgan fingerprint density at radius 1 is 1.22 bits per heavy atom. The fourth-order valence-electron chi connectivity index (χ4n) is 3.16. The van der Waals surface area contributed by atoms with Gasteiger partial charge in [0.05, 0.1) is 18.0 Å². The second-order valence-electron chi connectivity index (χ2n) is 6.58. The lowest BCUT2D eigenvalue weighted by atomic mass is 10.1. The maximum Gasteiger partial charge on any atom is 0.343 e. The van der Waals surface area contributed by atoms with Gasteiger partial charge >= 0.3 is 5.97 Å². The van der Waals surface area contributed by atoms with Crippen molar-refractivity contribution in [1.82, 2.24) is 4.57 Å². The van der Waals surface area contributed by atoms with Crippen LogP contribution in [0.2, 0.25) is 0 Å². The first-order valence-corrected chi connectivity index (χ1v) is 8.72. The number of fused-ring (bicyclic) bond motifs is 1. The van der Waals surface area contributed by atoms with E-state index < -0.39 is 17.2 Å². The Bertz CT molecular complexity index is 1070. The molecule has 0 N–H and O–H groups in total. The monoisotopic (exact) mass is 367 g/mol. The third-order valence-electron chi connectivity index (χ3n) is 4.65. The Balaban J connectivity index is 1.78. The van der Waals surface area contributed by atoms with Crippen LogP contribution in [0.1, 0.15) is 34.8 Å². The Kier molecular flexibility index (Phi) is 4.39. The molecule has 6 heteroatoms. The van der Waals surface area contributed by atoms with E-state index in [1.165, 1.54) is 19.4 Å². The quantitative estimate of drug-likeness (QED) is 0.643. The van der Waals surface area contributed by atoms with E-state index in [1.54, 1.807) is 0 Å². The van der Waals surface area contributed by atoms with Crippen LogP contribution in [0.15, 0.2) is 53.5 Å². The van der Waals surface area contributed by atoms with E-state index in [1.807, 2.05) is 34.9 Å². The van der Waals surface area contributed by atoms with Crippen LogP contribution in [-0.2, 0) is 11.3 Å². The van der Waals surface area contributed by atoms with Gasteiger partial charge in [-0.25, -0.2) is 9.18 Å². The summed E-state index contributed by atoms with van der Waals surface area (Å²) in [5.74, 6) is -1.03. The molecule has 1 aliphatic rings. The van der Waals surface area contributed by atoms with Gasteiger partial charge in [-0.2, -0.15) is 0 Å². The summed E-state index contributed by atoms with van der Waals surface area (Å²) in [4.78, 5) is 25.4. The second-order valence-corrected chi connectivity index (χ2v) is 6.58. The molecule has 2 aromatic carbocycles. The van der Waals surface area contributed by atoms with Crippen molar-refractivity contribution in [2.75, 3.05) is 7.11 Å². The Morgan fingerprint density at radius 3 is 2.63 bits per heavy atom. The average molecular weight is 367 g/mol. The summed E-state index contributed by atoms with van der Waals surface area (Å²) in [6.45, 7) is 0.0626. The summed E-state index contributed by atoms with van der Waals surface area (Å²) in [6, 6.07) is 11.8. The van der Waals surface area contributed by atoms with E-state index in [4.69, 9.17) is 9.47 Å². The minimum Gasteiger partial charge on any atom is -0.494 e. The van der Waals surface area contributed by atoms with E-state index >= 15 is 0 Å². The first-order chi connectivity index (χ1) is 13.1. The second kappa shape index (κ2) is 6.87. The number of pyridine rings is 1. The third-order valence-corrected chi connectivity index (χ3v) is 4.65. The summed E-state index contributed by atoms with van der Waals surface area (Å²) < 4.78 is 26.4. The van der Waals surface area contributed by atoms with Gasteiger partial charge in [0, 0.05) is 18.3 Å². The van der Waals surface area contributed by atoms with Gasteiger partial charge in [0.25, 0.3) is 0 Å². The largest absolute Gasteiger partial charge is 0.494 e. The predicted molar refractivity (Wildman–Crippen MR) is 98.6 cm³/mol. The zero-order valence-corrected chi connectivity index (χ0v) is 14.8. The lowest BCUT2D eigenvalue weighted by molar-refractivity contribution is 0.0470. The highest BCUT2D eigenvalue weighted by atomic mass is 19.1. The third kappa shape index (κ3) is 3.30. The highest BCUT2D eigenvalue weighted by molar-refractivity contribution is 5.95. The number of hydrogen-bond donors (Lipinski definition) is 0. The molecular formula is C21H18FNO4. The fraction of sp³-hybridized carbons (Fsp3) is 0.238. The molecule has 0 aliphatic heterocycles. The van der Waals surface area contributed by atoms with Crippen LogP contribution in [0, 0.1) is 5.82 Å². The Morgan fingerprint density at radius 2 is 1.96 bits per heavy atom. The number of hydrogen-bond acceptors (Lipinski definition) is 4. The normalized spacial score (nSPS) is 13.6. The molecule has 27 heavy (non-hydrogen) atoms. The smallest absolute Gasteiger partial charge is 0.343 e. The highest BCUT2D eigenvalue weighted by Gasteiger charge is 2.29. The van der Waals surface area contributed by atoms with E-state index in [-0.39, 0.29) is 29.3 Å². The first kappa shape index (κ1) is 17.3. The molecule has 138 valence electrons. The van der Waals surface area contributed by atoms with Crippen LogP contribution in [0.4, 0.5) is 4.39 Å². The molecule has 0 spiro atoms. The maximum absolute atomic E-state index is 14.0. The Labute approximate surface area is 154 Å². The number of carbonyl (C=O) groups excluding carboxylic acids is 1. The van der Waals surface area contributed by atoms with E-state index in [2.05, 4.69) is 0 Å². The van der Waals surface area contributed by atoms with Crippen molar-refractivity contribution in [2.24, 2.45) is 0 Å². The number of methoxy groups -OCH3 is 1. The van der Waals surface area contributed by atoms with Gasteiger partial charge in [0.15, 0.2) is 0 Å². The van der Waals surface area contributed by atoms with Crippen molar-refractivity contribution < 1.29 is 18.7 Å². The van der Waals surface area contributed by atoms with Gasteiger partial charge in [0.1, 0.15) is 23.7 Å². The molecule has 1 aromatic heterocycles. The molecule has 0 saturated heterocycles. The molecule has 1 saturated carbocycles. The Hall–Kier alpha value is -3.15. The van der Waals surface area contributed by atoms with Crippen molar-refractivity contribution in [2.45, 2.75) is 25.5 Å². The van der Waals surface area contributed by atoms with Crippen LogP contribution < -0.4 is 10.2 Å². The van der Waals surface area contributed by atoms with Crippen molar-refractivity contribution in [3.05, 3.63) is 75.8 Å². The summed E-state index contributed by atoms with van der Waals surface area (Å²) >= 11 is 0. The standard InChI is InChI=1S/C21H18FNO4/c1-26-18-10-14(22)9-16-19(18)23(15-7-8-15)11-17(20(16)24)21(25)27-12-13-5-3-2-4-6-13/h2-6,9-11,15H,7-8,12H2,1H3. The molecular weight excluding hydrogens is 349 g/mol. The molecule has 5 nitrogen and oxygen atoms in total. The average Bonchev–Trinajstić information content (AvgIpc) is 3.52. The zero-order valence-electron chi connectivity index (χ0n) is 14.8. The lowest BCUT2D eigenvalue weighted by Crippen LogP contribution is -2.21. The number of esters is 1. The molecule has 1 aliphatic carbocycles. The van der Waals surface area contributed by atoms with Crippen LogP contribution >= 0.6 is 0 Å². The van der Waals surface area contributed by atoms with Gasteiger partial charge < -0.3 is 14.0 Å². The van der Waals surface area contributed by atoms with Crippen LogP contribution in [0.25, 0.3) is 10.9 Å². The fourth-order valence-corrected chi connectivity index (χ4v) is 3.16. The SMILES string of the molecule is COc1cc(F)cc2c(=O)c(C(=O)OCc3ccccc3)cn(C3CC3)c12. The number of aromatic nitrogens is 1. The molecule has 0 bridgehead atoms. The first-order valence-electron chi connectivity index (χ1n) is 8.72. The molecule has 0 unspecified atom stereocenters. The predicted octanol–water partition coefficient (Wildman–Crippen LogP) is 3.84. The molecule has 1 heterocycles. The molecule has 3 aromatic rings. The molecule has 0 radical (unpaired) electrons. The number of halogens is 1. The van der Waals surface area contributed by atoms with Gasteiger partial charge in [-0.15, -0.1) is 0 Å². The molecule has 4 rings (SSSR count). The summed E-state index contributed by atoms with van der Waals surface area (Å²) in [5, 5.41) is 0.118. The zero-order chi connectivity index (χ0) is 19.0. The molecule has 0 amide bonds. The minimum absolute atomic E-state index is 0.0626. The van der Waals surface area contributed by atoms with Gasteiger partial charge in [-0.3, -0.25) is 4.79 Å². The van der Waals surface area contributed by atoms with Crippen LogP contribution in [-0.4, -0.2) is 17.6 Å². The summed E-state index contributed by atoms with van der Waals surface area (Å²) in [6.07, 6.45) is 3.37. The molecule has 0 atom stereocenters. The van der Waals surface area contributed by atoms with Gasteiger partial charge in [0.2, 0.25) is 5.43 Å². The van der Waals surface area contributed by atoms with Crippen LogP contribution in [0.3, 0.4) is 0 Å². The number of nitrogens with zero attached hydrogens (tertiary/aromatic N) is 1. The number of ether oxygens (including phenoxy) is 2. The molecule has 1 fully saturated rings. The maximum atomic E-state index is 14.0. The highest BCUT2D eigenvalue weighted by Crippen LogP contribution is 2.39. The van der Waals surface area contributed by atoms with Crippen molar-refractivity contribution in [3.8, 4) is 5.75 Å². The van der Waals surface area contributed by atoms with E-state index in [0.717, 1.165) is 24.5 Å². The van der Waals surface area contributed by atoms with Gasteiger partial charge in [-0.05, 0) is 24.5 Å². The summed E-state index contributed by atoms with van der Waals surface area (Å²) in [7, 11) is 1.43. The van der Waals surface area contributed by atoms with E-state index in [9.17, 15) is 14.0 Å². The van der Waals surface area contributed by atoms with Gasteiger partial charge in [-0.1, -0.05) is 30.3 Å². The summed E-state index contributed by atoms with van der Waals surface area (Å²) in [5.41, 5.74) is 0.670. The van der Waals surface area contributed by atoms with Crippen molar-refractivity contribution >= 4 is 16.9 Å². The minimum atomic E-state index is -0.719. The number of carbonyl (C=O) groups is 1. The van der Waals surface area contributed by atoms with Crippen LogP contribution in [0.5, 0.6) is 5.75 Å². The topological polar surface area (TPSA) is 57.5 Å². The number of benzene rings is 2. The lowest BCUT2D eigenvalue weighted by Gasteiger charge is -2.15. The van der Waals surface area contributed by atoms with E-state index in [0.29, 0.717) is 5.52 Å². The van der Waals surface area contributed by atoms with Crippen molar-refractivity contribution in [3.63, 3.8) is 0 Å². The van der Waals surface area contributed by atoms with Crippen molar-refractivity contribution in [1.29, 1.82) is 0 Å². The number of rotatable bonds is 5.